The number of phenolic OH excluding ortho intramolecular Hbond substituents is 1. The SMILES string of the molecule is CCC(=O)OCOc1cc(-c2oc3cc(Oc4ccccc4)cc(O)c3c(=O)c2Oc2ccccc2)ccc1Oc1ccccc1. The first kappa shape index (κ1) is 29.8. The first-order chi connectivity index (χ1) is 22.5. The van der Waals surface area contributed by atoms with E-state index in [1.807, 2.05) is 42.5 Å². The molecule has 0 radical (unpaired) electrons. The standard InChI is InChI=1S/C37H28O9/c1-2-33(39)42-23-41-31-20-24(18-19-30(31)44-26-14-8-4-9-15-26)36-37(45-27-16-10-5-11-17-27)35(40)34-29(38)21-28(22-32(34)46-36)43-25-12-6-3-7-13-25/h3-22,38H,2,23H2,1H3. The van der Waals surface area contributed by atoms with Crippen LogP contribution < -0.4 is 24.4 Å². The molecule has 5 aromatic carbocycles. The predicted octanol–water partition coefficient (Wildman–Crippen LogP) is 8.83. The maximum absolute atomic E-state index is 14.0. The maximum Gasteiger partial charge on any atom is 0.308 e. The monoisotopic (exact) mass is 616 g/mol. The molecule has 46 heavy (non-hydrogen) atoms. The summed E-state index contributed by atoms with van der Waals surface area (Å²) in [4.78, 5) is 25.8. The van der Waals surface area contributed by atoms with E-state index < -0.39 is 11.4 Å². The van der Waals surface area contributed by atoms with Crippen molar-refractivity contribution in [2.75, 3.05) is 6.79 Å². The molecule has 230 valence electrons. The van der Waals surface area contributed by atoms with E-state index in [0.717, 1.165) is 0 Å². The first-order valence-electron chi connectivity index (χ1n) is 14.4. The molecule has 0 aliphatic heterocycles. The summed E-state index contributed by atoms with van der Waals surface area (Å²) in [6, 6.07) is 34.6. The van der Waals surface area contributed by atoms with Gasteiger partial charge in [0.15, 0.2) is 17.3 Å². The number of phenols is 1. The number of fused-ring (bicyclic) bond motifs is 1. The van der Waals surface area contributed by atoms with E-state index in [9.17, 15) is 14.7 Å². The Morgan fingerprint density at radius 2 is 1.30 bits per heavy atom. The number of aromatic hydroxyl groups is 1. The Hall–Kier alpha value is -6.22. The van der Waals surface area contributed by atoms with E-state index in [1.54, 1.807) is 73.7 Å². The Bertz CT molecular complexity index is 2020. The normalized spacial score (nSPS) is 10.7. The molecular formula is C37H28O9. The van der Waals surface area contributed by atoms with Crippen LogP contribution in [0.3, 0.4) is 0 Å². The summed E-state index contributed by atoms with van der Waals surface area (Å²) in [6.45, 7) is 1.31. The highest BCUT2D eigenvalue weighted by atomic mass is 16.7. The van der Waals surface area contributed by atoms with Crippen LogP contribution in [0.4, 0.5) is 0 Å². The lowest BCUT2D eigenvalue weighted by Gasteiger charge is -2.16. The fourth-order valence-corrected chi connectivity index (χ4v) is 4.55. The second-order valence-corrected chi connectivity index (χ2v) is 9.94. The topological polar surface area (TPSA) is 114 Å². The fraction of sp³-hybridized carbons (Fsp3) is 0.0811. The molecule has 0 amide bonds. The van der Waals surface area contributed by atoms with Crippen LogP contribution in [0.2, 0.25) is 0 Å². The molecule has 0 aliphatic rings. The van der Waals surface area contributed by atoms with Gasteiger partial charge in [0.05, 0.1) is 0 Å². The lowest BCUT2D eigenvalue weighted by atomic mass is 10.1. The van der Waals surface area contributed by atoms with E-state index >= 15 is 0 Å². The minimum absolute atomic E-state index is 0.0549. The van der Waals surface area contributed by atoms with Crippen LogP contribution in [0.5, 0.6) is 46.0 Å². The largest absolute Gasteiger partial charge is 0.507 e. The average molecular weight is 617 g/mol. The van der Waals surface area contributed by atoms with Crippen molar-refractivity contribution in [2.45, 2.75) is 13.3 Å². The van der Waals surface area contributed by atoms with Gasteiger partial charge in [-0.1, -0.05) is 61.5 Å². The van der Waals surface area contributed by atoms with Crippen LogP contribution in [0, 0.1) is 0 Å². The van der Waals surface area contributed by atoms with E-state index in [-0.39, 0.29) is 52.9 Å². The van der Waals surface area contributed by atoms with Crippen molar-refractivity contribution < 1.29 is 38.0 Å². The minimum Gasteiger partial charge on any atom is -0.507 e. The summed E-state index contributed by atoms with van der Waals surface area (Å²) in [5.74, 6) is 1.38. The van der Waals surface area contributed by atoms with Crippen molar-refractivity contribution in [3.63, 3.8) is 0 Å². The lowest BCUT2D eigenvalue weighted by molar-refractivity contribution is -0.149. The molecule has 0 bridgehead atoms. The average Bonchev–Trinajstić information content (AvgIpc) is 3.07. The van der Waals surface area contributed by atoms with Crippen molar-refractivity contribution >= 4 is 16.9 Å². The van der Waals surface area contributed by atoms with Crippen molar-refractivity contribution in [3.8, 4) is 57.3 Å². The van der Waals surface area contributed by atoms with E-state index in [0.29, 0.717) is 28.6 Å². The number of para-hydroxylation sites is 3. The highest BCUT2D eigenvalue weighted by molar-refractivity contribution is 5.88. The van der Waals surface area contributed by atoms with Crippen molar-refractivity contribution in [1.82, 2.24) is 0 Å². The smallest absolute Gasteiger partial charge is 0.308 e. The highest BCUT2D eigenvalue weighted by Crippen LogP contribution is 2.41. The molecular weight excluding hydrogens is 588 g/mol. The summed E-state index contributed by atoms with van der Waals surface area (Å²) < 4.78 is 35.3. The van der Waals surface area contributed by atoms with Gasteiger partial charge in [0.25, 0.3) is 0 Å². The van der Waals surface area contributed by atoms with Crippen molar-refractivity contribution in [2.24, 2.45) is 0 Å². The van der Waals surface area contributed by atoms with Gasteiger partial charge >= 0.3 is 5.97 Å². The van der Waals surface area contributed by atoms with Crippen LogP contribution in [0.15, 0.2) is 131 Å². The Morgan fingerprint density at radius 1 is 0.696 bits per heavy atom. The number of carbonyl (C=O) groups is 1. The molecule has 6 aromatic rings. The molecule has 0 fully saturated rings. The second kappa shape index (κ2) is 13.6. The van der Waals surface area contributed by atoms with Gasteiger partial charge in [-0.15, -0.1) is 0 Å². The molecule has 1 aromatic heterocycles. The van der Waals surface area contributed by atoms with Crippen LogP contribution in [-0.2, 0) is 9.53 Å². The van der Waals surface area contributed by atoms with Gasteiger partial charge in [-0.3, -0.25) is 9.59 Å². The van der Waals surface area contributed by atoms with Crippen LogP contribution in [0.1, 0.15) is 13.3 Å². The first-order valence-corrected chi connectivity index (χ1v) is 14.4. The predicted molar refractivity (Wildman–Crippen MR) is 171 cm³/mol. The third kappa shape index (κ3) is 6.79. The number of hydrogen-bond donors (Lipinski definition) is 1. The molecule has 0 spiro atoms. The van der Waals surface area contributed by atoms with Crippen LogP contribution in [-0.4, -0.2) is 17.9 Å². The third-order valence-corrected chi connectivity index (χ3v) is 6.75. The number of rotatable bonds is 11. The molecule has 0 unspecified atom stereocenters. The third-order valence-electron chi connectivity index (χ3n) is 6.75. The zero-order chi connectivity index (χ0) is 31.9. The molecule has 9 nitrogen and oxygen atoms in total. The molecule has 0 saturated heterocycles. The van der Waals surface area contributed by atoms with Gasteiger partial charge in [-0.05, 0) is 54.6 Å². The number of esters is 1. The van der Waals surface area contributed by atoms with Gasteiger partial charge < -0.3 is 33.2 Å². The van der Waals surface area contributed by atoms with Crippen molar-refractivity contribution in [3.05, 3.63) is 132 Å². The molecule has 0 atom stereocenters. The Labute approximate surface area is 263 Å². The highest BCUT2D eigenvalue weighted by Gasteiger charge is 2.23. The number of carbonyl (C=O) groups excluding carboxylic acids is 1. The van der Waals surface area contributed by atoms with E-state index in [2.05, 4.69) is 0 Å². The Kier molecular flexibility index (Phi) is 8.83. The molecule has 9 heteroatoms. The maximum atomic E-state index is 14.0. The summed E-state index contributed by atoms with van der Waals surface area (Å²) in [6.07, 6.45) is 0.183. The van der Waals surface area contributed by atoms with Crippen molar-refractivity contribution in [1.29, 1.82) is 0 Å². The zero-order valence-electron chi connectivity index (χ0n) is 24.7. The minimum atomic E-state index is -0.604. The molecule has 1 heterocycles. The number of hydrogen-bond acceptors (Lipinski definition) is 9. The van der Waals surface area contributed by atoms with Gasteiger partial charge in [0.1, 0.15) is 39.7 Å². The molecule has 0 saturated carbocycles. The summed E-state index contributed by atoms with van der Waals surface area (Å²) in [5.41, 5.74) is -0.154. The molecule has 6 rings (SSSR count). The van der Waals surface area contributed by atoms with Gasteiger partial charge in [0, 0.05) is 24.1 Å². The lowest BCUT2D eigenvalue weighted by Crippen LogP contribution is -2.10. The number of benzene rings is 5. The van der Waals surface area contributed by atoms with Gasteiger partial charge in [-0.25, -0.2) is 0 Å². The second-order valence-electron chi connectivity index (χ2n) is 9.94. The summed E-state index contributed by atoms with van der Waals surface area (Å²) >= 11 is 0. The van der Waals surface area contributed by atoms with Gasteiger partial charge in [0.2, 0.25) is 18.0 Å². The molecule has 0 aliphatic carbocycles. The fourth-order valence-electron chi connectivity index (χ4n) is 4.55. The zero-order valence-corrected chi connectivity index (χ0v) is 24.7. The van der Waals surface area contributed by atoms with Crippen LogP contribution >= 0.6 is 0 Å². The Morgan fingerprint density at radius 3 is 1.93 bits per heavy atom. The van der Waals surface area contributed by atoms with E-state index in [1.165, 1.54) is 12.1 Å². The Balaban J connectivity index is 1.48. The summed E-state index contributed by atoms with van der Waals surface area (Å²) in [7, 11) is 0. The number of ether oxygens (including phenoxy) is 5. The quantitative estimate of drug-likeness (QED) is 0.113. The van der Waals surface area contributed by atoms with Crippen LogP contribution in [0.25, 0.3) is 22.3 Å². The summed E-state index contributed by atoms with van der Waals surface area (Å²) in [5, 5.41) is 10.9. The van der Waals surface area contributed by atoms with Gasteiger partial charge in [-0.2, -0.15) is 0 Å². The molecule has 1 N–H and O–H groups in total. The van der Waals surface area contributed by atoms with E-state index in [4.69, 9.17) is 28.1 Å².